The van der Waals surface area contributed by atoms with Crippen molar-refractivity contribution in [3.05, 3.63) is 29.8 Å². The largest absolute Gasteiger partial charge is 0.497 e. The summed E-state index contributed by atoms with van der Waals surface area (Å²) in [5, 5.41) is 2.74. The number of hydrogen-bond acceptors (Lipinski definition) is 6. The number of nitrogens with one attached hydrogen (secondary N) is 1. The second-order valence-corrected chi connectivity index (χ2v) is 8.30. The van der Waals surface area contributed by atoms with Crippen molar-refractivity contribution < 1.29 is 28.6 Å². The highest BCUT2D eigenvalue weighted by atomic mass is 16.6. The fraction of sp³-hybridized carbons (Fsp3) is 0.591. The molecule has 1 fully saturated rings. The predicted octanol–water partition coefficient (Wildman–Crippen LogP) is 2.54. The van der Waals surface area contributed by atoms with E-state index in [2.05, 4.69) is 5.32 Å². The number of piperidine rings is 1. The zero-order chi connectivity index (χ0) is 22.1. The van der Waals surface area contributed by atoms with Gasteiger partial charge in [-0.25, -0.2) is 4.79 Å². The number of rotatable bonds is 7. The average molecular weight is 421 g/mol. The molecule has 0 atom stereocenters. The van der Waals surface area contributed by atoms with Crippen molar-refractivity contribution in [2.75, 3.05) is 33.4 Å². The van der Waals surface area contributed by atoms with E-state index >= 15 is 0 Å². The Hall–Kier alpha value is -2.77. The Balaban J connectivity index is 1.63. The van der Waals surface area contributed by atoms with Gasteiger partial charge in [-0.1, -0.05) is 12.1 Å². The van der Waals surface area contributed by atoms with Crippen molar-refractivity contribution in [1.82, 2.24) is 10.2 Å². The van der Waals surface area contributed by atoms with Gasteiger partial charge in [-0.05, 0) is 57.7 Å². The fourth-order valence-electron chi connectivity index (χ4n) is 3.07. The van der Waals surface area contributed by atoms with E-state index in [0.717, 1.165) is 11.3 Å². The summed E-state index contributed by atoms with van der Waals surface area (Å²) in [6.07, 6.45) is 1.30. The zero-order valence-electron chi connectivity index (χ0n) is 18.2. The van der Waals surface area contributed by atoms with Crippen LogP contribution in [0, 0.1) is 5.92 Å². The molecule has 0 aromatic heterocycles. The number of nitrogens with zero attached hydrogens (tertiary/aromatic N) is 1. The second kappa shape index (κ2) is 10.8. The Morgan fingerprint density at radius 2 is 1.73 bits per heavy atom. The maximum atomic E-state index is 12.2. The highest BCUT2D eigenvalue weighted by molar-refractivity contribution is 5.81. The summed E-state index contributed by atoms with van der Waals surface area (Å²) < 4.78 is 15.6. The normalized spacial score (nSPS) is 14.7. The number of amides is 2. The molecule has 2 rings (SSSR count). The maximum absolute atomic E-state index is 12.2. The summed E-state index contributed by atoms with van der Waals surface area (Å²) in [6, 6.07) is 7.61. The summed E-state index contributed by atoms with van der Waals surface area (Å²) in [7, 11) is 1.61. The van der Waals surface area contributed by atoms with Crippen LogP contribution in [-0.2, 0) is 25.5 Å². The number of benzene rings is 1. The molecule has 2 amide bonds. The van der Waals surface area contributed by atoms with E-state index in [1.165, 1.54) is 0 Å². The molecule has 1 saturated heterocycles. The van der Waals surface area contributed by atoms with E-state index in [0.29, 0.717) is 38.9 Å². The molecular weight excluding hydrogens is 388 g/mol. The smallest absolute Gasteiger partial charge is 0.410 e. The lowest BCUT2D eigenvalue weighted by Gasteiger charge is -2.32. The van der Waals surface area contributed by atoms with Gasteiger partial charge in [0.25, 0.3) is 5.91 Å². The van der Waals surface area contributed by atoms with Gasteiger partial charge >= 0.3 is 12.1 Å². The van der Waals surface area contributed by atoms with Crippen LogP contribution >= 0.6 is 0 Å². The lowest BCUT2D eigenvalue weighted by molar-refractivity contribution is -0.154. The van der Waals surface area contributed by atoms with Gasteiger partial charge in [0.1, 0.15) is 11.4 Å². The van der Waals surface area contributed by atoms with E-state index in [1.807, 2.05) is 45.0 Å². The van der Waals surface area contributed by atoms with E-state index in [1.54, 1.807) is 12.0 Å². The highest BCUT2D eigenvalue weighted by Gasteiger charge is 2.30. The minimum Gasteiger partial charge on any atom is -0.497 e. The number of methoxy groups -OCH3 is 1. The summed E-state index contributed by atoms with van der Waals surface area (Å²) in [6.45, 7) is 6.47. The minimum atomic E-state index is -0.548. The average Bonchev–Trinajstić information content (AvgIpc) is 2.71. The van der Waals surface area contributed by atoms with Crippen molar-refractivity contribution >= 4 is 18.0 Å². The van der Waals surface area contributed by atoms with Gasteiger partial charge in [-0.15, -0.1) is 0 Å². The van der Waals surface area contributed by atoms with E-state index in [-0.39, 0.29) is 24.5 Å². The van der Waals surface area contributed by atoms with Gasteiger partial charge in [0.15, 0.2) is 6.61 Å². The summed E-state index contributed by atoms with van der Waals surface area (Å²) >= 11 is 0. The van der Waals surface area contributed by atoms with Crippen LogP contribution < -0.4 is 10.1 Å². The molecule has 8 nitrogen and oxygen atoms in total. The Morgan fingerprint density at radius 1 is 1.10 bits per heavy atom. The van der Waals surface area contributed by atoms with Crippen LogP contribution in [0.2, 0.25) is 0 Å². The van der Waals surface area contributed by atoms with Crippen molar-refractivity contribution in [2.24, 2.45) is 5.92 Å². The maximum Gasteiger partial charge on any atom is 0.410 e. The molecule has 0 bridgehead atoms. The lowest BCUT2D eigenvalue weighted by atomic mass is 9.97. The molecule has 30 heavy (non-hydrogen) atoms. The molecule has 1 aliphatic rings. The quantitative estimate of drug-likeness (QED) is 0.682. The van der Waals surface area contributed by atoms with Crippen LogP contribution in [0.15, 0.2) is 24.3 Å². The van der Waals surface area contributed by atoms with Crippen LogP contribution in [0.3, 0.4) is 0 Å². The van der Waals surface area contributed by atoms with Gasteiger partial charge < -0.3 is 24.4 Å². The third-order valence-electron chi connectivity index (χ3n) is 4.72. The standard InChI is InChI=1S/C22H32N2O6/c1-22(2,3)30-21(27)24-13-10-17(11-14-24)20(26)29-15-19(25)23-12-9-16-5-7-18(28-4)8-6-16/h5-8,17H,9-15H2,1-4H3,(H,23,25). The molecule has 166 valence electrons. The Morgan fingerprint density at radius 3 is 2.30 bits per heavy atom. The topological polar surface area (TPSA) is 94.2 Å². The van der Waals surface area contributed by atoms with Crippen molar-refractivity contribution in [1.29, 1.82) is 0 Å². The molecule has 8 heteroatoms. The number of carbonyl (C=O) groups excluding carboxylic acids is 3. The van der Waals surface area contributed by atoms with Gasteiger partial charge in [-0.2, -0.15) is 0 Å². The molecular formula is C22H32N2O6. The number of esters is 1. The Bertz CT molecular complexity index is 718. The summed E-state index contributed by atoms with van der Waals surface area (Å²) in [5.41, 5.74) is 0.526. The van der Waals surface area contributed by atoms with Crippen LogP contribution in [0.25, 0.3) is 0 Å². The van der Waals surface area contributed by atoms with Crippen LogP contribution in [0.1, 0.15) is 39.2 Å². The molecule has 0 unspecified atom stereocenters. The van der Waals surface area contributed by atoms with Crippen LogP contribution in [0.4, 0.5) is 4.79 Å². The fourth-order valence-corrected chi connectivity index (χ4v) is 3.07. The molecule has 1 N–H and O–H groups in total. The molecule has 0 saturated carbocycles. The molecule has 0 spiro atoms. The number of ether oxygens (including phenoxy) is 3. The van der Waals surface area contributed by atoms with Gasteiger partial charge in [0, 0.05) is 19.6 Å². The number of likely N-dealkylation sites (tertiary alicyclic amines) is 1. The van der Waals surface area contributed by atoms with Gasteiger partial charge in [-0.3, -0.25) is 9.59 Å². The predicted molar refractivity (Wildman–Crippen MR) is 111 cm³/mol. The monoisotopic (exact) mass is 420 g/mol. The first-order valence-electron chi connectivity index (χ1n) is 10.2. The first kappa shape index (κ1) is 23.5. The lowest BCUT2D eigenvalue weighted by Crippen LogP contribution is -2.43. The number of hydrogen-bond donors (Lipinski definition) is 1. The number of carbonyl (C=O) groups is 3. The zero-order valence-corrected chi connectivity index (χ0v) is 18.2. The molecule has 1 heterocycles. The van der Waals surface area contributed by atoms with E-state index in [9.17, 15) is 14.4 Å². The van der Waals surface area contributed by atoms with Crippen molar-refractivity contribution in [3.63, 3.8) is 0 Å². The van der Waals surface area contributed by atoms with Gasteiger partial charge in [0.05, 0.1) is 13.0 Å². The van der Waals surface area contributed by atoms with E-state index < -0.39 is 11.6 Å². The second-order valence-electron chi connectivity index (χ2n) is 8.30. The first-order chi connectivity index (χ1) is 14.2. The third kappa shape index (κ3) is 7.93. The minimum absolute atomic E-state index is 0.298. The SMILES string of the molecule is COc1ccc(CCNC(=O)COC(=O)C2CCN(C(=O)OC(C)(C)C)CC2)cc1. The highest BCUT2D eigenvalue weighted by Crippen LogP contribution is 2.20. The molecule has 0 aliphatic carbocycles. The van der Waals surface area contributed by atoms with Crippen molar-refractivity contribution in [2.45, 2.75) is 45.6 Å². The molecule has 1 aliphatic heterocycles. The van der Waals surface area contributed by atoms with Crippen molar-refractivity contribution in [3.8, 4) is 5.75 Å². The molecule has 1 aromatic carbocycles. The van der Waals surface area contributed by atoms with Gasteiger partial charge in [0.2, 0.25) is 0 Å². The summed E-state index contributed by atoms with van der Waals surface area (Å²) in [5.74, 6) is -0.255. The summed E-state index contributed by atoms with van der Waals surface area (Å²) in [4.78, 5) is 37.8. The third-order valence-corrected chi connectivity index (χ3v) is 4.72. The molecule has 0 radical (unpaired) electrons. The first-order valence-corrected chi connectivity index (χ1v) is 10.2. The Kier molecular flexibility index (Phi) is 8.50. The van der Waals surface area contributed by atoms with Crippen LogP contribution in [-0.4, -0.2) is 61.8 Å². The Labute approximate surface area is 177 Å². The molecule has 1 aromatic rings. The van der Waals surface area contributed by atoms with Crippen LogP contribution in [0.5, 0.6) is 5.75 Å². The van der Waals surface area contributed by atoms with E-state index in [4.69, 9.17) is 14.2 Å².